The van der Waals surface area contributed by atoms with Crippen molar-refractivity contribution >= 4 is 25.3 Å². The van der Waals surface area contributed by atoms with Crippen molar-refractivity contribution in [1.29, 1.82) is 0 Å². The largest absolute Gasteiger partial charge is 0.373 e. The van der Waals surface area contributed by atoms with E-state index < -0.39 is 0 Å². The van der Waals surface area contributed by atoms with Crippen LogP contribution >= 0.6 is 8.81 Å². The van der Waals surface area contributed by atoms with Gasteiger partial charge in [-0.3, -0.25) is 0 Å². The Kier molecular flexibility index (Phi) is 2.23. The van der Waals surface area contributed by atoms with Crippen LogP contribution in [-0.4, -0.2) is 30.6 Å². The first-order valence-electron chi connectivity index (χ1n) is 4.53. The topological polar surface area (TPSA) is 81.5 Å². The molecule has 3 rings (SSSR count). The van der Waals surface area contributed by atoms with Crippen LogP contribution in [0.25, 0.3) is 11.0 Å². The number of hydrogen-bond acceptors (Lipinski definition) is 5. The molecule has 0 aliphatic carbocycles. The molecule has 3 aromatic rings. The zero-order valence-corrected chi connectivity index (χ0v) is 9.03. The first-order chi connectivity index (χ1) is 7.93. The molecule has 0 radical (unpaired) electrons. The number of nitrogens with zero attached hydrogens (tertiary/aromatic N) is 5. The molecule has 0 saturated carbocycles. The van der Waals surface area contributed by atoms with Crippen LogP contribution in [0.2, 0.25) is 0 Å². The van der Waals surface area contributed by atoms with E-state index >= 15 is 0 Å². The molecule has 0 aliphatic rings. The lowest BCUT2D eigenvalue weighted by atomic mass is 10.3. The standard InChI is InChI=1S/C8H7N6OP/c1-2-4-7-6(3-1)10-13-14(7)15-16-8-5-9-12-11-8/h1-5,16H,(H,9,11,12). The van der Waals surface area contributed by atoms with E-state index in [1.807, 2.05) is 24.3 Å². The summed E-state index contributed by atoms with van der Waals surface area (Å²) in [6.07, 6.45) is 1.61. The lowest BCUT2D eigenvalue weighted by Crippen LogP contribution is -2.09. The molecule has 7 nitrogen and oxygen atoms in total. The van der Waals surface area contributed by atoms with E-state index in [2.05, 4.69) is 25.7 Å². The lowest BCUT2D eigenvalue weighted by molar-refractivity contribution is 0.275. The van der Waals surface area contributed by atoms with Gasteiger partial charge >= 0.3 is 0 Å². The number of H-pyrrole nitrogens is 1. The third kappa shape index (κ3) is 1.61. The highest BCUT2D eigenvalue weighted by molar-refractivity contribution is 7.41. The van der Waals surface area contributed by atoms with Crippen LogP contribution in [0.15, 0.2) is 30.5 Å². The minimum Gasteiger partial charge on any atom is -0.373 e. The maximum absolute atomic E-state index is 5.45. The van der Waals surface area contributed by atoms with E-state index in [4.69, 9.17) is 4.62 Å². The second kappa shape index (κ2) is 3.86. The highest BCUT2D eigenvalue weighted by Gasteiger charge is 2.05. The van der Waals surface area contributed by atoms with E-state index in [9.17, 15) is 0 Å². The van der Waals surface area contributed by atoms with Gasteiger partial charge in [-0.25, -0.2) is 0 Å². The number of para-hydroxylation sites is 1. The zero-order chi connectivity index (χ0) is 10.8. The minimum atomic E-state index is 0.0422. The van der Waals surface area contributed by atoms with Gasteiger partial charge in [0.1, 0.15) is 16.5 Å². The zero-order valence-electron chi connectivity index (χ0n) is 8.03. The second-order valence-corrected chi connectivity index (χ2v) is 3.90. The molecule has 1 aromatic carbocycles. The van der Waals surface area contributed by atoms with Gasteiger partial charge in [-0.1, -0.05) is 17.0 Å². The molecule has 8 heteroatoms. The molecule has 16 heavy (non-hydrogen) atoms. The smallest absolute Gasteiger partial charge is 0.161 e. The number of fused-ring (bicyclic) bond motifs is 1. The maximum atomic E-state index is 5.45. The Bertz CT molecular complexity index is 591. The van der Waals surface area contributed by atoms with Crippen molar-refractivity contribution in [2.24, 2.45) is 0 Å². The van der Waals surface area contributed by atoms with Gasteiger partial charge in [-0.05, 0) is 17.3 Å². The van der Waals surface area contributed by atoms with Crippen LogP contribution in [0.1, 0.15) is 0 Å². The summed E-state index contributed by atoms with van der Waals surface area (Å²) in [5, 5.41) is 17.9. The molecule has 2 heterocycles. The van der Waals surface area contributed by atoms with Crippen molar-refractivity contribution < 1.29 is 4.62 Å². The molecule has 0 spiro atoms. The monoisotopic (exact) mass is 234 g/mol. The van der Waals surface area contributed by atoms with E-state index in [-0.39, 0.29) is 8.81 Å². The van der Waals surface area contributed by atoms with Crippen LogP contribution in [0, 0.1) is 0 Å². The Morgan fingerprint density at radius 2 is 2.25 bits per heavy atom. The van der Waals surface area contributed by atoms with Gasteiger partial charge in [0.15, 0.2) is 8.81 Å². The quantitative estimate of drug-likeness (QED) is 0.640. The van der Waals surface area contributed by atoms with Crippen molar-refractivity contribution in [3.05, 3.63) is 30.5 Å². The summed E-state index contributed by atoms with van der Waals surface area (Å²) >= 11 is 0. The second-order valence-electron chi connectivity index (χ2n) is 3.00. The Balaban J connectivity index is 1.84. The van der Waals surface area contributed by atoms with Crippen molar-refractivity contribution in [2.45, 2.75) is 0 Å². The Morgan fingerprint density at radius 1 is 1.31 bits per heavy atom. The maximum Gasteiger partial charge on any atom is 0.161 e. The Labute approximate surface area is 91.6 Å². The number of aromatic amines is 1. The molecule has 0 fully saturated rings. The van der Waals surface area contributed by atoms with Gasteiger partial charge in [-0.15, -0.1) is 5.10 Å². The van der Waals surface area contributed by atoms with E-state index in [1.54, 1.807) is 6.20 Å². The third-order valence-electron chi connectivity index (χ3n) is 1.97. The van der Waals surface area contributed by atoms with E-state index in [0.29, 0.717) is 0 Å². The first-order valence-corrected chi connectivity index (χ1v) is 5.44. The minimum absolute atomic E-state index is 0.0422. The SMILES string of the molecule is c1ccc2c(c1)nnn2OPc1cn[nH]n1. The van der Waals surface area contributed by atoms with E-state index in [0.717, 1.165) is 16.5 Å². The fourth-order valence-electron chi connectivity index (χ4n) is 1.26. The molecule has 0 bridgehead atoms. The first kappa shape index (κ1) is 9.23. The highest BCUT2D eigenvalue weighted by atomic mass is 31.1. The Morgan fingerprint density at radius 3 is 3.12 bits per heavy atom. The van der Waals surface area contributed by atoms with Crippen molar-refractivity contribution in [3.8, 4) is 0 Å². The van der Waals surface area contributed by atoms with Gasteiger partial charge in [0.05, 0.1) is 6.20 Å². The number of nitrogens with one attached hydrogen (secondary N) is 1. The van der Waals surface area contributed by atoms with Gasteiger partial charge in [-0.2, -0.15) is 15.4 Å². The summed E-state index contributed by atoms with van der Waals surface area (Å²) in [5.41, 5.74) is 2.37. The molecule has 2 aromatic heterocycles. The lowest BCUT2D eigenvalue weighted by Gasteiger charge is -2.01. The summed E-state index contributed by atoms with van der Waals surface area (Å²) in [6, 6.07) is 7.58. The number of hydrogen-bond donors (Lipinski definition) is 1. The third-order valence-corrected chi connectivity index (χ3v) is 2.69. The van der Waals surface area contributed by atoms with Crippen LogP contribution in [0.5, 0.6) is 0 Å². The van der Waals surface area contributed by atoms with Crippen molar-refractivity contribution in [1.82, 2.24) is 30.6 Å². The van der Waals surface area contributed by atoms with Crippen LogP contribution in [-0.2, 0) is 0 Å². The van der Waals surface area contributed by atoms with Crippen LogP contribution < -0.4 is 10.1 Å². The number of benzene rings is 1. The summed E-state index contributed by atoms with van der Waals surface area (Å²) in [6.45, 7) is 0. The molecule has 1 unspecified atom stereocenters. The number of rotatable bonds is 3. The fraction of sp³-hybridized carbons (Fsp3) is 0. The molecule has 1 N–H and O–H groups in total. The average molecular weight is 234 g/mol. The van der Waals surface area contributed by atoms with Crippen LogP contribution in [0.3, 0.4) is 0 Å². The molecule has 1 atom stereocenters. The van der Waals surface area contributed by atoms with Gasteiger partial charge in [0.2, 0.25) is 0 Å². The molecule has 0 saturated heterocycles. The normalized spacial score (nSPS) is 11.5. The van der Waals surface area contributed by atoms with Gasteiger partial charge < -0.3 is 4.62 Å². The number of aromatic nitrogens is 6. The molecular formula is C8H7N6OP. The fourth-order valence-corrected chi connectivity index (χ4v) is 1.78. The van der Waals surface area contributed by atoms with E-state index in [1.165, 1.54) is 4.85 Å². The summed E-state index contributed by atoms with van der Waals surface area (Å²) in [5.74, 6) is 0. The van der Waals surface area contributed by atoms with Gasteiger partial charge in [0, 0.05) is 0 Å². The molecule has 80 valence electrons. The predicted molar refractivity (Wildman–Crippen MR) is 58.4 cm³/mol. The summed E-state index contributed by atoms with van der Waals surface area (Å²) in [7, 11) is 0.0422. The molecule has 0 amide bonds. The summed E-state index contributed by atoms with van der Waals surface area (Å²) < 4.78 is 5.45. The molecular weight excluding hydrogens is 227 g/mol. The van der Waals surface area contributed by atoms with Gasteiger partial charge in [0.25, 0.3) is 0 Å². The molecule has 0 aliphatic heterocycles. The predicted octanol–water partition coefficient (Wildman–Crippen LogP) is -0.103. The Hall–Kier alpha value is -2.01. The van der Waals surface area contributed by atoms with Crippen molar-refractivity contribution in [2.75, 3.05) is 0 Å². The summed E-state index contributed by atoms with van der Waals surface area (Å²) in [4.78, 5) is 1.39. The average Bonchev–Trinajstić information content (AvgIpc) is 2.96. The highest BCUT2D eigenvalue weighted by Crippen LogP contribution is 2.12. The van der Waals surface area contributed by atoms with Crippen LogP contribution in [0.4, 0.5) is 0 Å². The van der Waals surface area contributed by atoms with Crippen molar-refractivity contribution in [3.63, 3.8) is 0 Å².